The molecule has 0 amide bonds. The minimum Gasteiger partial charge on any atom is -0.408 e. The molecule has 0 saturated heterocycles. The lowest BCUT2D eigenvalue weighted by molar-refractivity contribution is 0.181. The van der Waals surface area contributed by atoms with Crippen molar-refractivity contribution >= 4 is 19.4 Å². The molecule has 0 aliphatic heterocycles. The van der Waals surface area contributed by atoms with Crippen molar-refractivity contribution in [1.82, 2.24) is 0 Å². The molecule has 0 heterocycles. The van der Waals surface area contributed by atoms with Crippen LogP contribution in [0.4, 0.5) is 0 Å². The minimum atomic E-state index is -3.42. The second-order valence-electron chi connectivity index (χ2n) is 1.83. The molecule has 0 atom stereocenters. The van der Waals surface area contributed by atoms with E-state index in [2.05, 4.69) is 9.05 Å². The molecular formula is C6H12ClO4P. The van der Waals surface area contributed by atoms with Crippen LogP contribution in [0.1, 0.15) is 13.3 Å². The first kappa shape index (κ1) is 12.0. The van der Waals surface area contributed by atoms with Gasteiger partial charge in [-0.1, -0.05) is 18.5 Å². The third kappa shape index (κ3) is 3.59. The smallest absolute Gasteiger partial charge is 0.408 e. The van der Waals surface area contributed by atoms with Crippen molar-refractivity contribution in [3.63, 3.8) is 0 Å². The molecule has 12 heavy (non-hydrogen) atoms. The molecule has 4 nitrogen and oxygen atoms in total. The number of allylic oxidation sites excluding steroid dienone is 1. The molecule has 0 N–H and O–H groups in total. The Morgan fingerprint density at radius 3 is 2.25 bits per heavy atom. The molecule has 0 aliphatic rings. The van der Waals surface area contributed by atoms with Gasteiger partial charge in [0.15, 0.2) is 0 Å². The topological polar surface area (TPSA) is 44.8 Å². The van der Waals surface area contributed by atoms with Gasteiger partial charge in [0.2, 0.25) is 0 Å². The normalized spacial score (nSPS) is 13.2. The van der Waals surface area contributed by atoms with E-state index in [-0.39, 0.29) is 0 Å². The Hall–Kier alpha value is -0.0200. The number of hydrogen-bond acceptors (Lipinski definition) is 4. The second kappa shape index (κ2) is 5.60. The minimum absolute atomic E-state index is 0.365. The van der Waals surface area contributed by atoms with Gasteiger partial charge in [0.1, 0.15) is 5.76 Å². The Morgan fingerprint density at radius 2 is 2.00 bits per heavy atom. The molecule has 0 fully saturated rings. The molecule has 0 rings (SSSR count). The first-order valence-electron chi connectivity index (χ1n) is 3.32. The maximum Gasteiger partial charge on any atom is 0.529 e. The standard InChI is InChI=1S/C6H12ClO4P/c1-4-6(5-7)11-12(8,9-2)10-3/h5H,4H2,1-3H3/b6-5+. The Bertz CT molecular complexity index is 196. The highest BCUT2D eigenvalue weighted by molar-refractivity contribution is 7.48. The summed E-state index contributed by atoms with van der Waals surface area (Å²) in [4.78, 5) is 0. The van der Waals surface area contributed by atoms with E-state index >= 15 is 0 Å². The fraction of sp³-hybridized carbons (Fsp3) is 0.667. The Labute approximate surface area is 77.1 Å². The fourth-order valence-electron chi connectivity index (χ4n) is 0.454. The van der Waals surface area contributed by atoms with E-state index in [1.807, 2.05) is 6.92 Å². The monoisotopic (exact) mass is 214 g/mol. The summed E-state index contributed by atoms with van der Waals surface area (Å²) in [5.74, 6) is 0.365. The number of phosphoric acid groups is 1. The van der Waals surface area contributed by atoms with Crippen LogP contribution in [0.25, 0.3) is 0 Å². The van der Waals surface area contributed by atoms with E-state index in [4.69, 9.17) is 16.1 Å². The Balaban J connectivity index is 4.30. The second-order valence-corrected chi connectivity index (χ2v) is 3.86. The fourth-order valence-corrected chi connectivity index (χ4v) is 1.48. The van der Waals surface area contributed by atoms with Gasteiger partial charge in [0.05, 0.1) is 0 Å². The van der Waals surface area contributed by atoms with Gasteiger partial charge < -0.3 is 4.52 Å². The van der Waals surface area contributed by atoms with E-state index in [0.29, 0.717) is 12.2 Å². The summed E-state index contributed by atoms with van der Waals surface area (Å²) in [5.41, 5.74) is 1.20. The SMILES string of the molecule is CC/C(=C\Cl)OP(=O)(OC)OC. The molecule has 0 aromatic carbocycles. The molecule has 0 bridgehead atoms. The van der Waals surface area contributed by atoms with Crippen molar-refractivity contribution in [3.05, 3.63) is 11.3 Å². The van der Waals surface area contributed by atoms with E-state index in [9.17, 15) is 4.57 Å². The number of halogens is 1. The zero-order chi connectivity index (χ0) is 9.61. The van der Waals surface area contributed by atoms with Gasteiger partial charge in [-0.05, 0) is 0 Å². The first-order chi connectivity index (χ1) is 5.61. The molecule has 0 spiro atoms. The van der Waals surface area contributed by atoms with E-state index < -0.39 is 7.82 Å². The van der Waals surface area contributed by atoms with Crippen molar-refractivity contribution in [2.45, 2.75) is 13.3 Å². The van der Waals surface area contributed by atoms with Gasteiger partial charge >= 0.3 is 7.82 Å². The molecule has 0 unspecified atom stereocenters. The van der Waals surface area contributed by atoms with Crippen LogP contribution in [-0.2, 0) is 18.1 Å². The van der Waals surface area contributed by atoms with Crippen molar-refractivity contribution in [2.24, 2.45) is 0 Å². The van der Waals surface area contributed by atoms with Crippen LogP contribution in [0.5, 0.6) is 0 Å². The highest BCUT2D eigenvalue weighted by Gasteiger charge is 2.24. The van der Waals surface area contributed by atoms with Gasteiger partial charge in [-0.25, -0.2) is 4.57 Å². The van der Waals surface area contributed by atoms with Crippen LogP contribution in [-0.4, -0.2) is 14.2 Å². The summed E-state index contributed by atoms with van der Waals surface area (Å²) in [5, 5.41) is 0. The summed E-state index contributed by atoms with van der Waals surface area (Å²) >= 11 is 5.37. The predicted molar refractivity (Wildman–Crippen MR) is 46.9 cm³/mol. The number of rotatable bonds is 5. The Kier molecular flexibility index (Phi) is 5.59. The number of phosphoric ester groups is 1. The third-order valence-electron chi connectivity index (χ3n) is 1.15. The zero-order valence-electron chi connectivity index (χ0n) is 7.24. The summed E-state index contributed by atoms with van der Waals surface area (Å²) in [6, 6.07) is 0. The van der Waals surface area contributed by atoms with Crippen LogP contribution in [0.3, 0.4) is 0 Å². The van der Waals surface area contributed by atoms with Gasteiger partial charge in [-0.2, -0.15) is 0 Å². The summed E-state index contributed by atoms with van der Waals surface area (Å²) in [6.45, 7) is 1.81. The molecule has 6 heteroatoms. The zero-order valence-corrected chi connectivity index (χ0v) is 8.89. The lowest BCUT2D eigenvalue weighted by Crippen LogP contribution is -1.94. The van der Waals surface area contributed by atoms with Crippen LogP contribution < -0.4 is 0 Å². The third-order valence-corrected chi connectivity index (χ3v) is 2.74. The van der Waals surface area contributed by atoms with E-state index in [1.165, 1.54) is 19.8 Å². The summed E-state index contributed by atoms with van der Waals surface area (Å²) in [6.07, 6.45) is 0.528. The Morgan fingerprint density at radius 1 is 1.50 bits per heavy atom. The first-order valence-corrected chi connectivity index (χ1v) is 5.22. The number of hydrogen-bond donors (Lipinski definition) is 0. The van der Waals surface area contributed by atoms with Gasteiger partial charge in [-0.3, -0.25) is 9.05 Å². The highest BCUT2D eigenvalue weighted by Crippen LogP contribution is 2.50. The molecule has 0 saturated carbocycles. The van der Waals surface area contributed by atoms with Crippen LogP contribution in [0.2, 0.25) is 0 Å². The molecule has 0 aromatic heterocycles. The molecule has 72 valence electrons. The molecule has 0 radical (unpaired) electrons. The largest absolute Gasteiger partial charge is 0.529 e. The van der Waals surface area contributed by atoms with Crippen molar-refractivity contribution < 1.29 is 18.1 Å². The molecule has 0 aromatic rings. The van der Waals surface area contributed by atoms with Gasteiger partial charge in [0.25, 0.3) is 0 Å². The predicted octanol–water partition coefficient (Wildman–Crippen LogP) is 2.89. The summed E-state index contributed by atoms with van der Waals surface area (Å²) < 4.78 is 25.3. The maximum atomic E-state index is 11.3. The molecule has 0 aliphatic carbocycles. The maximum absolute atomic E-state index is 11.3. The van der Waals surface area contributed by atoms with Crippen LogP contribution >= 0.6 is 19.4 Å². The van der Waals surface area contributed by atoms with Gasteiger partial charge in [0, 0.05) is 26.2 Å². The summed E-state index contributed by atoms with van der Waals surface area (Å²) in [7, 11) is -0.939. The van der Waals surface area contributed by atoms with Crippen molar-refractivity contribution in [1.29, 1.82) is 0 Å². The lowest BCUT2D eigenvalue weighted by atomic mass is 10.4. The van der Waals surface area contributed by atoms with Crippen LogP contribution in [0.15, 0.2) is 11.3 Å². The van der Waals surface area contributed by atoms with Crippen LogP contribution in [0, 0.1) is 0 Å². The van der Waals surface area contributed by atoms with E-state index in [1.54, 1.807) is 0 Å². The van der Waals surface area contributed by atoms with Crippen molar-refractivity contribution in [3.8, 4) is 0 Å². The quantitative estimate of drug-likeness (QED) is 0.521. The lowest BCUT2D eigenvalue weighted by Gasteiger charge is -2.14. The van der Waals surface area contributed by atoms with Crippen molar-refractivity contribution in [2.75, 3.05) is 14.2 Å². The highest BCUT2D eigenvalue weighted by atomic mass is 35.5. The van der Waals surface area contributed by atoms with E-state index in [0.717, 1.165) is 0 Å². The van der Waals surface area contributed by atoms with Gasteiger partial charge in [-0.15, -0.1) is 0 Å². The average molecular weight is 215 g/mol. The average Bonchev–Trinajstić information content (AvgIpc) is 2.14. The molecular weight excluding hydrogens is 202 g/mol.